The van der Waals surface area contributed by atoms with E-state index in [0.29, 0.717) is 19.6 Å². The maximum absolute atomic E-state index is 12.6. The summed E-state index contributed by atoms with van der Waals surface area (Å²) in [7, 11) is 0. The molecule has 0 atom stereocenters. The van der Waals surface area contributed by atoms with E-state index in [2.05, 4.69) is 0 Å². The van der Waals surface area contributed by atoms with Gasteiger partial charge in [0.05, 0.1) is 6.61 Å². The fourth-order valence-corrected chi connectivity index (χ4v) is 0.885. The molecular formula is C9H11F2NO. The molecule has 2 N–H and O–H groups in total. The SMILES string of the molecule is NCCCOc1cc(F)cc(F)c1. The van der Waals surface area contributed by atoms with Gasteiger partial charge in [0, 0.05) is 18.2 Å². The Kier molecular flexibility index (Phi) is 3.64. The van der Waals surface area contributed by atoms with Crippen molar-refractivity contribution >= 4 is 0 Å². The molecule has 2 nitrogen and oxygen atoms in total. The van der Waals surface area contributed by atoms with Crippen LogP contribution in [0.2, 0.25) is 0 Å². The summed E-state index contributed by atoms with van der Waals surface area (Å²) in [6.45, 7) is 0.872. The van der Waals surface area contributed by atoms with Crippen LogP contribution in [0.25, 0.3) is 0 Å². The molecule has 0 heterocycles. The third kappa shape index (κ3) is 3.38. The molecule has 0 aromatic heterocycles. The summed E-state index contributed by atoms with van der Waals surface area (Å²) in [6, 6.07) is 3.08. The van der Waals surface area contributed by atoms with Crippen LogP contribution in [-0.2, 0) is 0 Å². The highest BCUT2D eigenvalue weighted by Crippen LogP contribution is 2.15. The molecule has 0 unspecified atom stereocenters. The molecule has 0 aliphatic heterocycles. The first-order chi connectivity index (χ1) is 6.22. The first-order valence-electron chi connectivity index (χ1n) is 4.01. The van der Waals surface area contributed by atoms with Gasteiger partial charge in [0.15, 0.2) is 0 Å². The molecule has 13 heavy (non-hydrogen) atoms. The third-order valence-corrected chi connectivity index (χ3v) is 1.45. The zero-order valence-electron chi connectivity index (χ0n) is 7.09. The van der Waals surface area contributed by atoms with Gasteiger partial charge in [-0.15, -0.1) is 0 Å². The second-order valence-electron chi connectivity index (χ2n) is 2.60. The minimum absolute atomic E-state index is 0.200. The first kappa shape index (κ1) is 9.92. The third-order valence-electron chi connectivity index (χ3n) is 1.45. The van der Waals surface area contributed by atoms with Crippen molar-refractivity contribution in [2.45, 2.75) is 6.42 Å². The molecule has 0 amide bonds. The van der Waals surface area contributed by atoms with Gasteiger partial charge in [-0.25, -0.2) is 8.78 Å². The van der Waals surface area contributed by atoms with Gasteiger partial charge in [-0.3, -0.25) is 0 Å². The molecule has 0 aliphatic carbocycles. The van der Waals surface area contributed by atoms with Gasteiger partial charge in [-0.2, -0.15) is 0 Å². The molecule has 0 bridgehead atoms. The normalized spacial score (nSPS) is 10.1. The van der Waals surface area contributed by atoms with Crippen LogP contribution in [0.15, 0.2) is 18.2 Å². The second kappa shape index (κ2) is 4.77. The molecule has 0 spiro atoms. The molecule has 72 valence electrons. The Morgan fingerprint density at radius 1 is 1.15 bits per heavy atom. The average molecular weight is 187 g/mol. The van der Waals surface area contributed by atoms with Crippen molar-refractivity contribution in [3.63, 3.8) is 0 Å². The van der Waals surface area contributed by atoms with Crippen molar-refractivity contribution in [1.82, 2.24) is 0 Å². The van der Waals surface area contributed by atoms with E-state index in [4.69, 9.17) is 10.5 Å². The molecule has 0 saturated heterocycles. The van der Waals surface area contributed by atoms with Crippen molar-refractivity contribution in [1.29, 1.82) is 0 Å². The maximum atomic E-state index is 12.6. The first-order valence-corrected chi connectivity index (χ1v) is 4.01. The standard InChI is InChI=1S/C9H11F2NO/c10-7-4-8(11)6-9(5-7)13-3-1-2-12/h4-6H,1-3,12H2. The summed E-state index contributed by atoms with van der Waals surface area (Å²) >= 11 is 0. The van der Waals surface area contributed by atoms with Gasteiger partial charge in [-0.05, 0) is 13.0 Å². The minimum Gasteiger partial charge on any atom is -0.493 e. The van der Waals surface area contributed by atoms with Crippen molar-refractivity contribution in [3.05, 3.63) is 29.8 Å². The van der Waals surface area contributed by atoms with E-state index < -0.39 is 11.6 Å². The van der Waals surface area contributed by atoms with E-state index in [9.17, 15) is 8.78 Å². The zero-order chi connectivity index (χ0) is 9.68. The van der Waals surface area contributed by atoms with Crippen molar-refractivity contribution < 1.29 is 13.5 Å². The van der Waals surface area contributed by atoms with Crippen molar-refractivity contribution in [3.8, 4) is 5.75 Å². The number of hydrogen-bond donors (Lipinski definition) is 1. The molecule has 0 aliphatic rings. The number of benzene rings is 1. The fraction of sp³-hybridized carbons (Fsp3) is 0.333. The Morgan fingerprint density at radius 3 is 2.31 bits per heavy atom. The predicted octanol–water partition coefficient (Wildman–Crippen LogP) is 1.69. The highest BCUT2D eigenvalue weighted by Gasteiger charge is 2.00. The number of ether oxygens (including phenoxy) is 1. The van der Waals surface area contributed by atoms with E-state index in [1.165, 1.54) is 0 Å². The smallest absolute Gasteiger partial charge is 0.129 e. The molecule has 0 fully saturated rings. The lowest BCUT2D eigenvalue weighted by Gasteiger charge is -2.04. The van der Waals surface area contributed by atoms with E-state index in [1.54, 1.807) is 0 Å². The van der Waals surface area contributed by atoms with Crippen molar-refractivity contribution in [2.24, 2.45) is 5.73 Å². The Hall–Kier alpha value is -1.16. The van der Waals surface area contributed by atoms with E-state index in [1.807, 2.05) is 0 Å². The van der Waals surface area contributed by atoms with Gasteiger partial charge in [-0.1, -0.05) is 0 Å². The summed E-state index contributed by atoms with van der Waals surface area (Å²) in [5.41, 5.74) is 5.22. The lowest BCUT2D eigenvalue weighted by Crippen LogP contribution is -2.06. The second-order valence-corrected chi connectivity index (χ2v) is 2.60. The van der Waals surface area contributed by atoms with Crippen LogP contribution < -0.4 is 10.5 Å². The molecule has 1 aromatic rings. The van der Waals surface area contributed by atoms with E-state index in [-0.39, 0.29) is 5.75 Å². The van der Waals surface area contributed by atoms with Crippen molar-refractivity contribution in [2.75, 3.05) is 13.2 Å². The molecule has 1 rings (SSSR count). The monoisotopic (exact) mass is 187 g/mol. The van der Waals surface area contributed by atoms with Gasteiger partial charge >= 0.3 is 0 Å². The lowest BCUT2D eigenvalue weighted by molar-refractivity contribution is 0.310. The van der Waals surface area contributed by atoms with Crippen LogP contribution in [0.5, 0.6) is 5.75 Å². The lowest BCUT2D eigenvalue weighted by atomic mass is 10.3. The van der Waals surface area contributed by atoms with E-state index >= 15 is 0 Å². The van der Waals surface area contributed by atoms with Gasteiger partial charge in [0.1, 0.15) is 17.4 Å². The fourth-order valence-electron chi connectivity index (χ4n) is 0.885. The van der Waals surface area contributed by atoms with Crippen LogP contribution in [-0.4, -0.2) is 13.2 Å². The zero-order valence-corrected chi connectivity index (χ0v) is 7.09. The Morgan fingerprint density at radius 2 is 1.77 bits per heavy atom. The van der Waals surface area contributed by atoms with Crippen LogP contribution in [0.4, 0.5) is 8.78 Å². The Labute approximate surface area is 75.3 Å². The minimum atomic E-state index is -0.636. The Balaban J connectivity index is 2.56. The van der Waals surface area contributed by atoms with Gasteiger partial charge in [0.2, 0.25) is 0 Å². The predicted molar refractivity (Wildman–Crippen MR) is 45.5 cm³/mol. The van der Waals surface area contributed by atoms with Gasteiger partial charge in [0.25, 0.3) is 0 Å². The van der Waals surface area contributed by atoms with Gasteiger partial charge < -0.3 is 10.5 Å². The number of rotatable bonds is 4. The Bertz CT molecular complexity index is 258. The largest absolute Gasteiger partial charge is 0.493 e. The van der Waals surface area contributed by atoms with E-state index in [0.717, 1.165) is 18.2 Å². The topological polar surface area (TPSA) is 35.2 Å². The summed E-state index contributed by atoms with van der Waals surface area (Å²) in [4.78, 5) is 0. The average Bonchev–Trinajstić information content (AvgIpc) is 2.03. The quantitative estimate of drug-likeness (QED) is 0.728. The summed E-state index contributed by atoms with van der Waals surface area (Å²) in [5, 5.41) is 0. The summed E-state index contributed by atoms with van der Waals surface area (Å²) < 4.78 is 30.2. The number of hydrogen-bond acceptors (Lipinski definition) is 2. The highest BCUT2D eigenvalue weighted by molar-refractivity contribution is 5.23. The summed E-state index contributed by atoms with van der Waals surface area (Å²) in [5.74, 6) is -1.07. The van der Waals surface area contributed by atoms with Crippen LogP contribution in [0.3, 0.4) is 0 Å². The molecule has 0 radical (unpaired) electrons. The maximum Gasteiger partial charge on any atom is 0.129 e. The highest BCUT2D eigenvalue weighted by atomic mass is 19.1. The van der Waals surface area contributed by atoms with Crippen LogP contribution in [0, 0.1) is 11.6 Å². The molecular weight excluding hydrogens is 176 g/mol. The number of halogens is 2. The molecule has 0 saturated carbocycles. The summed E-state index contributed by atoms with van der Waals surface area (Å²) in [6.07, 6.45) is 0.665. The molecule has 4 heteroatoms. The molecule has 1 aromatic carbocycles. The van der Waals surface area contributed by atoms with Crippen LogP contribution >= 0.6 is 0 Å². The number of nitrogens with two attached hydrogens (primary N) is 1. The van der Waals surface area contributed by atoms with Crippen LogP contribution in [0.1, 0.15) is 6.42 Å².